The van der Waals surface area contributed by atoms with Crippen LogP contribution in [0.25, 0.3) is 0 Å². The lowest BCUT2D eigenvalue weighted by Crippen LogP contribution is -2.19. The van der Waals surface area contributed by atoms with Crippen molar-refractivity contribution in [1.82, 2.24) is 9.78 Å². The summed E-state index contributed by atoms with van der Waals surface area (Å²) in [6.45, 7) is 0.324. The van der Waals surface area contributed by atoms with Crippen LogP contribution in [-0.4, -0.2) is 14.9 Å². The summed E-state index contributed by atoms with van der Waals surface area (Å²) < 4.78 is 16.1. The lowest BCUT2D eigenvalue weighted by atomic mass is 10.2. The van der Waals surface area contributed by atoms with Gasteiger partial charge in [0.1, 0.15) is 5.82 Å². The first-order valence-corrected chi connectivity index (χ1v) is 8.89. The molecule has 2 aromatic carbocycles. The highest BCUT2D eigenvalue weighted by atomic mass is 79.9. The van der Waals surface area contributed by atoms with Gasteiger partial charge in [-0.25, -0.2) is 4.39 Å². The molecule has 128 valence electrons. The maximum Gasteiger partial charge on any atom is 0.176 e. The van der Waals surface area contributed by atoms with Crippen molar-refractivity contribution in [2.24, 2.45) is 0 Å². The van der Waals surface area contributed by atoms with Crippen molar-refractivity contribution >= 4 is 56.4 Å². The maximum absolute atomic E-state index is 13.8. The number of anilines is 2. The summed E-state index contributed by atoms with van der Waals surface area (Å²) in [4.78, 5) is 0. The third-order valence-corrected chi connectivity index (χ3v) is 4.38. The highest BCUT2D eigenvalue weighted by Crippen LogP contribution is 2.22. The fourth-order valence-electron chi connectivity index (χ4n) is 2.17. The van der Waals surface area contributed by atoms with Crippen LogP contribution in [0.15, 0.2) is 59.2 Å². The summed E-state index contributed by atoms with van der Waals surface area (Å²) >= 11 is 14.6. The molecule has 3 rings (SSSR count). The molecule has 0 saturated carbocycles. The molecule has 0 aliphatic rings. The fraction of sp³-hybridized carbons (Fsp3) is 0.0588. The molecule has 0 radical (unpaired) electrons. The van der Waals surface area contributed by atoms with E-state index in [1.54, 1.807) is 41.2 Å². The first-order chi connectivity index (χ1) is 12.0. The Labute approximate surface area is 163 Å². The topological polar surface area (TPSA) is 41.9 Å². The Balaban J connectivity index is 1.67. The average Bonchev–Trinajstić information content (AvgIpc) is 2.91. The Bertz CT molecular complexity index is 898. The Hall–Kier alpha value is -1.96. The van der Waals surface area contributed by atoms with Gasteiger partial charge in [0.15, 0.2) is 10.9 Å². The van der Waals surface area contributed by atoms with Crippen LogP contribution in [0.1, 0.15) is 5.56 Å². The second kappa shape index (κ2) is 7.95. The number of nitrogens with one attached hydrogen (secondary N) is 2. The molecule has 0 spiro atoms. The molecule has 1 heterocycles. The Kier molecular flexibility index (Phi) is 5.67. The number of nitrogens with zero attached hydrogens (tertiary/aromatic N) is 2. The number of hydrogen-bond acceptors (Lipinski definition) is 2. The first-order valence-electron chi connectivity index (χ1n) is 7.31. The van der Waals surface area contributed by atoms with Crippen molar-refractivity contribution in [3.63, 3.8) is 0 Å². The van der Waals surface area contributed by atoms with E-state index in [1.807, 2.05) is 12.1 Å². The number of hydrogen-bond donors (Lipinski definition) is 2. The van der Waals surface area contributed by atoms with Gasteiger partial charge in [0.05, 0.1) is 11.0 Å². The zero-order valence-electron chi connectivity index (χ0n) is 12.8. The zero-order valence-corrected chi connectivity index (χ0v) is 16.0. The predicted octanol–water partition coefficient (Wildman–Crippen LogP) is 5.30. The monoisotopic (exact) mass is 438 g/mol. The van der Waals surface area contributed by atoms with Crippen molar-refractivity contribution in [3.8, 4) is 0 Å². The molecular weight excluding hydrogens is 427 g/mol. The molecule has 0 atom stereocenters. The molecule has 8 heteroatoms. The van der Waals surface area contributed by atoms with Gasteiger partial charge in [0.2, 0.25) is 0 Å². The molecule has 1 aromatic heterocycles. The van der Waals surface area contributed by atoms with Crippen molar-refractivity contribution in [2.75, 3.05) is 10.6 Å². The van der Waals surface area contributed by atoms with E-state index in [9.17, 15) is 4.39 Å². The van der Waals surface area contributed by atoms with Crippen LogP contribution in [0, 0.1) is 5.82 Å². The molecule has 0 saturated heterocycles. The summed E-state index contributed by atoms with van der Waals surface area (Å²) in [6, 6.07) is 13.8. The second-order valence-electron chi connectivity index (χ2n) is 5.20. The molecule has 0 bridgehead atoms. The molecule has 0 fully saturated rings. The smallest absolute Gasteiger partial charge is 0.176 e. The van der Waals surface area contributed by atoms with Gasteiger partial charge in [0.25, 0.3) is 0 Å². The number of thiocarbonyl (C=S) groups is 1. The van der Waals surface area contributed by atoms with Gasteiger partial charge in [-0.05, 0) is 58.5 Å². The van der Waals surface area contributed by atoms with Crippen LogP contribution < -0.4 is 10.6 Å². The number of aromatic nitrogens is 2. The summed E-state index contributed by atoms with van der Waals surface area (Å²) in [5.74, 6) is 0.284. The van der Waals surface area contributed by atoms with Gasteiger partial charge >= 0.3 is 0 Å². The van der Waals surface area contributed by atoms with E-state index in [-0.39, 0.29) is 5.82 Å². The number of halogens is 3. The van der Waals surface area contributed by atoms with E-state index in [1.165, 1.54) is 6.07 Å². The lowest BCUT2D eigenvalue weighted by molar-refractivity contribution is 0.586. The highest BCUT2D eigenvalue weighted by molar-refractivity contribution is 9.10. The van der Waals surface area contributed by atoms with Gasteiger partial charge in [0, 0.05) is 22.5 Å². The second-order valence-corrected chi connectivity index (χ2v) is 6.90. The third-order valence-electron chi connectivity index (χ3n) is 3.34. The van der Waals surface area contributed by atoms with Crippen LogP contribution in [0.3, 0.4) is 0 Å². The minimum absolute atomic E-state index is 0.261. The average molecular weight is 440 g/mol. The predicted molar refractivity (Wildman–Crippen MR) is 107 cm³/mol. The lowest BCUT2D eigenvalue weighted by Gasteiger charge is -2.09. The minimum Gasteiger partial charge on any atom is -0.332 e. The Morgan fingerprint density at radius 1 is 1.16 bits per heavy atom. The van der Waals surface area contributed by atoms with Gasteiger partial charge < -0.3 is 10.6 Å². The molecule has 0 amide bonds. The van der Waals surface area contributed by atoms with Crippen LogP contribution in [0.2, 0.25) is 5.02 Å². The standard InChI is InChI=1S/C17H13BrClFN4S/c18-14-10-24(9-11-3-1-2-4-15(11)20)23-16(14)22-17(25)21-13-7-5-12(19)6-8-13/h1-8,10H,9H2,(H2,21,22,23,25). The molecule has 2 N–H and O–H groups in total. The number of benzene rings is 2. The maximum atomic E-state index is 13.8. The van der Waals surface area contributed by atoms with E-state index in [4.69, 9.17) is 23.8 Å². The fourth-order valence-corrected chi connectivity index (χ4v) is 2.92. The van der Waals surface area contributed by atoms with Crippen LogP contribution in [0.5, 0.6) is 0 Å². The van der Waals surface area contributed by atoms with Gasteiger partial charge in [-0.15, -0.1) is 0 Å². The van der Waals surface area contributed by atoms with E-state index in [0.29, 0.717) is 28.1 Å². The largest absolute Gasteiger partial charge is 0.332 e. The van der Waals surface area contributed by atoms with Gasteiger partial charge in [-0.3, -0.25) is 4.68 Å². The van der Waals surface area contributed by atoms with Crippen LogP contribution in [0.4, 0.5) is 15.9 Å². The van der Waals surface area contributed by atoms with Crippen molar-refractivity contribution < 1.29 is 4.39 Å². The summed E-state index contributed by atoms with van der Waals surface area (Å²) in [6.07, 6.45) is 1.76. The van der Waals surface area contributed by atoms with Crippen molar-refractivity contribution in [2.45, 2.75) is 6.54 Å². The summed E-state index contributed by atoms with van der Waals surface area (Å²) in [5, 5.41) is 11.5. The van der Waals surface area contributed by atoms with E-state index < -0.39 is 0 Å². The molecule has 4 nitrogen and oxygen atoms in total. The zero-order chi connectivity index (χ0) is 17.8. The van der Waals surface area contributed by atoms with Crippen LogP contribution >= 0.6 is 39.7 Å². The molecular formula is C17H13BrClFN4S. The van der Waals surface area contributed by atoms with Gasteiger partial charge in [-0.2, -0.15) is 5.10 Å². The van der Waals surface area contributed by atoms with Gasteiger partial charge in [-0.1, -0.05) is 29.8 Å². The SMILES string of the molecule is Fc1ccccc1Cn1cc(Br)c(NC(=S)Nc2ccc(Cl)cc2)n1. The molecule has 0 unspecified atom stereocenters. The number of rotatable bonds is 4. The molecule has 25 heavy (non-hydrogen) atoms. The van der Waals surface area contributed by atoms with E-state index >= 15 is 0 Å². The van der Waals surface area contributed by atoms with Crippen molar-refractivity contribution in [3.05, 3.63) is 75.6 Å². The van der Waals surface area contributed by atoms with E-state index in [0.717, 1.165) is 10.2 Å². The highest BCUT2D eigenvalue weighted by Gasteiger charge is 2.10. The first kappa shape index (κ1) is 17.8. The van der Waals surface area contributed by atoms with Crippen molar-refractivity contribution in [1.29, 1.82) is 0 Å². The van der Waals surface area contributed by atoms with E-state index in [2.05, 4.69) is 31.7 Å². The van der Waals surface area contributed by atoms with Crippen LogP contribution in [-0.2, 0) is 6.54 Å². The Morgan fingerprint density at radius 2 is 1.88 bits per heavy atom. The Morgan fingerprint density at radius 3 is 2.60 bits per heavy atom. The summed E-state index contributed by atoms with van der Waals surface area (Å²) in [5.41, 5.74) is 1.37. The molecule has 0 aliphatic heterocycles. The molecule has 0 aliphatic carbocycles. The summed E-state index contributed by atoms with van der Waals surface area (Å²) in [7, 11) is 0. The molecule has 3 aromatic rings. The quantitative estimate of drug-likeness (QED) is 0.542. The minimum atomic E-state index is -0.261. The third kappa shape index (κ3) is 4.78. The normalized spacial score (nSPS) is 10.5.